The number of benzene rings is 1. The number of anilines is 1. The van der Waals surface area contributed by atoms with Crippen molar-refractivity contribution >= 4 is 17.9 Å². The predicted molar refractivity (Wildman–Crippen MR) is 98.7 cm³/mol. The molecule has 9 heteroatoms. The third-order valence-electron chi connectivity index (χ3n) is 3.47. The Hall–Kier alpha value is -3.36. The van der Waals surface area contributed by atoms with E-state index in [0.717, 1.165) is 0 Å². The third-order valence-corrected chi connectivity index (χ3v) is 3.47. The van der Waals surface area contributed by atoms with E-state index in [9.17, 15) is 19.5 Å². The standard InChI is InChI=1S/C18H22N4O5/c1-18(2,3)27-17(26)20-13(15(23)24)10-11-4-6-12(7-5-11)22-9-8-14(19)21-16(22)25/h4-9,13H,10H2,1-3H3,(H,20,26)(H,23,24)(H2,19,21,25)/t13-/m1/s1. The summed E-state index contributed by atoms with van der Waals surface area (Å²) in [5.74, 6) is -1.05. The van der Waals surface area contributed by atoms with Gasteiger partial charge >= 0.3 is 17.8 Å². The van der Waals surface area contributed by atoms with Gasteiger partial charge in [-0.1, -0.05) is 12.1 Å². The first-order valence-corrected chi connectivity index (χ1v) is 8.22. The summed E-state index contributed by atoms with van der Waals surface area (Å²) in [5, 5.41) is 11.7. The number of carboxylic acid groups (broad SMARTS) is 1. The van der Waals surface area contributed by atoms with Crippen molar-refractivity contribution in [1.29, 1.82) is 0 Å². The minimum atomic E-state index is -1.18. The van der Waals surface area contributed by atoms with Crippen LogP contribution in [0.15, 0.2) is 41.3 Å². The number of aliphatic carboxylic acids is 1. The molecule has 0 fully saturated rings. The molecule has 1 aromatic carbocycles. The maximum atomic E-state index is 11.9. The Labute approximate surface area is 155 Å². The van der Waals surface area contributed by atoms with E-state index in [1.165, 1.54) is 16.8 Å². The molecule has 4 N–H and O–H groups in total. The van der Waals surface area contributed by atoms with Crippen molar-refractivity contribution in [3.63, 3.8) is 0 Å². The lowest BCUT2D eigenvalue weighted by Gasteiger charge is -2.22. The first kappa shape index (κ1) is 20.0. The molecule has 2 aromatic rings. The van der Waals surface area contributed by atoms with Crippen LogP contribution in [-0.4, -0.2) is 38.4 Å². The highest BCUT2D eigenvalue weighted by atomic mass is 16.6. The molecule has 27 heavy (non-hydrogen) atoms. The van der Waals surface area contributed by atoms with Gasteiger partial charge in [-0.15, -0.1) is 0 Å². The molecule has 9 nitrogen and oxygen atoms in total. The quantitative estimate of drug-likeness (QED) is 0.718. The lowest BCUT2D eigenvalue weighted by atomic mass is 10.1. The van der Waals surface area contributed by atoms with Gasteiger partial charge in [-0.05, 0) is 44.5 Å². The van der Waals surface area contributed by atoms with Crippen LogP contribution >= 0.6 is 0 Å². The smallest absolute Gasteiger partial charge is 0.408 e. The van der Waals surface area contributed by atoms with Crippen LogP contribution in [0.1, 0.15) is 26.3 Å². The lowest BCUT2D eigenvalue weighted by Crippen LogP contribution is -2.44. The number of hydrogen-bond acceptors (Lipinski definition) is 6. The van der Waals surface area contributed by atoms with Crippen LogP contribution in [0.2, 0.25) is 0 Å². The number of nitrogens with one attached hydrogen (secondary N) is 1. The second-order valence-corrected chi connectivity index (χ2v) is 6.91. The van der Waals surface area contributed by atoms with E-state index in [1.54, 1.807) is 45.0 Å². The average Bonchev–Trinajstić information content (AvgIpc) is 2.53. The lowest BCUT2D eigenvalue weighted by molar-refractivity contribution is -0.139. The maximum Gasteiger partial charge on any atom is 0.408 e. The van der Waals surface area contributed by atoms with Gasteiger partial charge < -0.3 is 20.9 Å². The molecule has 0 saturated carbocycles. The number of nitrogen functional groups attached to an aromatic ring is 1. The fraction of sp³-hybridized carbons (Fsp3) is 0.333. The van der Waals surface area contributed by atoms with Gasteiger partial charge in [-0.25, -0.2) is 14.4 Å². The van der Waals surface area contributed by atoms with Gasteiger partial charge in [0.2, 0.25) is 0 Å². The van der Waals surface area contributed by atoms with Gasteiger partial charge in [0.25, 0.3) is 0 Å². The maximum absolute atomic E-state index is 11.9. The summed E-state index contributed by atoms with van der Waals surface area (Å²) in [6, 6.07) is 7.00. The summed E-state index contributed by atoms with van der Waals surface area (Å²) in [5.41, 5.74) is 5.45. The molecule has 0 aliphatic carbocycles. The van der Waals surface area contributed by atoms with Crippen molar-refractivity contribution < 1.29 is 19.4 Å². The summed E-state index contributed by atoms with van der Waals surface area (Å²) in [7, 11) is 0. The van der Waals surface area contributed by atoms with E-state index >= 15 is 0 Å². The molecule has 0 bridgehead atoms. The second-order valence-electron chi connectivity index (χ2n) is 6.91. The number of amides is 1. The van der Waals surface area contributed by atoms with Gasteiger partial charge in [0, 0.05) is 12.6 Å². The zero-order chi connectivity index (χ0) is 20.2. The number of carbonyl (C=O) groups is 2. The molecular formula is C18H22N4O5. The molecule has 2 rings (SSSR count). The molecule has 0 radical (unpaired) electrons. The number of carbonyl (C=O) groups excluding carboxylic acids is 1. The Morgan fingerprint density at radius 2 is 1.89 bits per heavy atom. The normalized spacial score (nSPS) is 12.3. The molecule has 1 aromatic heterocycles. The minimum Gasteiger partial charge on any atom is -0.480 e. The second kappa shape index (κ2) is 7.90. The Kier molecular flexibility index (Phi) is 5.84. The highest BCUT2D eigenvalue weighted by Crippen LogP contribution is 2.11. The summed E-state index contributed by atoms with van der Waals surface area (Å²) < 4.78 is 6.40. The number of nitrogens with two attached hydrogens (primary N) is 1. The van der Waals surface area contributed by atoms with Crippen molar-refractivity contribution in [3.05, 3.63) is 52.6 Å². The Morgan fingerprint density at radius 1 is 1.26 bits per heavy atom. The molecule has 144 valence electrons. The van der Waals surface area contributed by atoms with E-state index in [2.05, 4.69) is 10.3 Å². The topological polar surface area (TPSA) is 137 Å². The Morgan fingerprint density at radius 3 is 2.41 bits per heavy atom. The van der Waals surface area contributed by atoms with Crippen molar-refractivity contribution in [1.82, 2.24) is 14.9 Å². The number of aromatic nitrogens is 2. The number of alkyl carbamates (subject to hydrolysis) is 1. The average molecular weight is 374 g/mol. The predicted octanol–water partition coefficient (Wildman–Crippen LogP) is 1.34. The van der Waals surface area contributed by atoms with Crippen LogP contribution in [0.25, 0.3) is 5.69 Å². The van der Waals surface area contributed by atoms with Crippen LogP contribution in [0, 0.1) is 0 Å². The van der Waals surface area contributed by atoms with Crippen LogP contribution in [0.4, 0.5) is 10.6 Å². The first-order valence-electron chi connectivity index (χ1n) is 8.22. The van der Waals surface area contributed by atoms with Crippen molar-refractivity contribution in [3.8, 4) is 5.69 Å². The zero-order valence-electron chi connectivity index (χ0n) is 15.3. The van der Waals surface area contributed by atoms with Crippen LogP contribution in [0.5, 0.6) is 0 Å². The molecule has 1 atom stereocenters. The highest BCUT2D eigenvalue weighted by molar-refractivity contribution is 5.80. The van der Waals surface area contributed by atoms with Gasteiger partial charge in [0.1, 0.15) is 17.5 Å². The van der Waals surface area contributed by atoms with Crippen molar-refractivity contribution in [2.75, 3.05) is 5.73 Å². The van der Waals surface area contributed by atoms with E-state index < -0.39 is 29.4 Å². The largest absolute Gasteiger partial charge is 0.480 e. The first-order chi connectivity index (χ1) is 12.5. The summed E-state index contributed by atoms with van der Waals surface area (Å²) in [4.78, 5) is 38.8. The van der Waals surface area contributed by atoms with Gasteiger partial charge in [-0.2, -0.15) is 4.98 Å². The molecule has 0 spiro atoms. The third kappa shape index (κ3) is 5.84. The molecule has 1 amide bonds. The van der Waals surface area contributed by atoms with E-state index in [0.29, 0.717) is 11.3 Å². The van der Waals surface area contributed by atoms with Crippen LogP contribution < -0.4 is 16.7 Å². The van der Waals surface area contributed by atoms with E-state index in [1.807, 2.05) is 0 Å². The molecule has 0 saturated heterocycles. The highest BCUT2D eigenvalue weighted by Gasteiger charge is 2.24. The van der Waals surface area contributed by atoms with Gasteiger partial charge in [0.05, 0.1) is 5.69 Å². The number of carboxylic acids is 1. The van der Waals surface area contributed by atoms with Crippen molar-refractivity contribution in [2.45, 2.75) is 38.8 Å². The van der Waals surface area contributed by atoms with Crippen LogP contribution in [0.3, 0.4) is 0 Å². The summed E-state index contributed by atoms with van der Waals surface area (Å²) in [6.45, 7) is 5.07. The molecular weight excluding hydrogens is 352 g/mol. The number of rotatable bonds is 5. The van der Waals surface area contributed by atoms with Gasteiger partial charge in [0.15, 0.2) is 0 Å². The van der Waals surface area contributed by atoms with Crippen molar-refractivity contribution in [2.24, 2.45) is 0 Å². The number of hydrogen-bond donors (Lipinski definition) is 3. The number of ether oxygens (including phenoxy) is 1. The fourth-order valence-electron chi connectivity index (χ4n) is 2.29. The van der Waals surface area contributed by atoms with E-state index in [4.69, 9.17) is 10.5 Å². The molecule has 1 heterocycles. The minimum absolute atomic E-state index is 0.0593. The zero-order valence-corrected chi connectivity index (χ0v) is 15.3. The van der Waals surface area contributed by atoms with E-state index in [-0.39, 0.29) is 12.2 Å². The molecule has 0 aliphatic rings. The fourth-order valence-corrected chi connectivity index (χ4v) is 2.29. The molecule has 0 aliphatic heterocycles. The summed E-state index contributed by atoms with van der Waals surface area (Å²) in [6.07, 6.45) is 0.763. The number of nitrogens with zero attached hydrogens (tertiary/aromatic N) is 2. The SMILES string of the molecule is CC(C)(C)OC(=O)N[C@H](Cc1ccc(-n2ccc(N)nc2=O)cc1)C(=O)O. The summed E-state index contributed by atoms with van der Waals surface area (Å²) >= 11 is 0. The molecule has 0 unspecified atom stereocenters. The van der Waals surface area contributed by atoms with Crippen LogP contribution in [-0.2, 0) is 16.0 Å². The Bertz CT molecular complexity index is 884. The van der Waals surface area contributed by atoms with Gasteiger partial charge in [-0.3, -0.25) is 4.57 Å². The monoisotopic (exact) mass is 374 g/mol. The Balaban J connectivity index is 2.12.